The van der Waals surface area contributed by atoms with Crippen LogP contribution in [0.2, 0.25) is 0 Å². The summed E-state index contributed by atoms with van der Waals surface area (Å²) in [4.78, 5) is 11.2. The van der Waals surface area contributed by atoms with Crippen molar-refractivity contribution in [3.63, 3.8) is 0 Å². The molecule has 0 bridgehead atoms. The molecule has 3 rings (SSSR count). The molecule has 0 amide bonds. The van der Waals surface area contributed by atoms with Crippen molar-refractivity contribution >= 4 is 55.9 Å². The number of carboxylic acids is 1. The number of thiophene rings is 1. The van der Waals surface area contributed by atoms with E-state index in [-0.39, 0.29) is 10.6 Å². The predicted molar refractivity (Wildman–Crippen MR) is 85.7 cm³/mol. The minimum absolute atomic E-state index is 0.0454. The minimum Gasteiger partial charge on any atom is -0.755 e. The Labute approximate surface area is 140 Å². The number of benzene rings is 1. The molecule has 0 radical (unpaired) electrons. The Hall–Kier alpha value is -1.42. The van der Waals surface area contributed by atoms with Gasteiger partial charge < -0.3 is 14.4 Å². The molecule has 0 spiro atoms. The molecule has 0 saturated heterocycles. The highest BCUT2D eigenvalue weighted by atomic mass is 79.9. The van der Waals surface area contributed by atoms with E-state index in [4.69, 9.17) is 4.74 Å². The molecule has 1 aromatic heterocycles. The van der Waals surface area contributed by atoms with Gasteiger partial charge in [0.15, 0.2) is 0 Å². The molecule has 0 aliphatic carbocycles. The second-order valence-electron chi connectivity index (χ2n) is 4.46. The molecule has 6 nitrogen and oxygen atoms in total. The van der Waals surface area contributed by atoms with Crippen molar-refractivity contribution < 1.29 is 23.4 Å². The Morgan fingerprint density at radius 2 is 2.23 bits per heavy atom. The van der Waals surface area contributed by atoms with Crippen LogP contribution in [0.3, 0.4) is 0 Å². The monoisotopic (exact) mass is 402 g/mol. The van der Waals surface area contributed by atoms with Gasteiger partial charge in [-0.1, -0.05) is 15.9 Å². The third-order valence-corrected chi connectivity index (χ3v) is 5.20. The summed E-state index contributed by atoms with van der Waals surface area (Å²) < 4.78 is 30.7. The van der Waals surface area contributed by atoms with E-state index in [1.807, 2.05) is 6.07 Å². The SMILES string of the molecule is O=C(O)c1sccc1N(c1cc(Br)cc2c1OCC2)S(=O)[O-]. The number of nitrogens with zero attached hydrogens (tertiary/aromatic N) is 1. The van der Waals surface area contributed by atoms with Crippen LogP contribution in [0.25, 0.3) is 0 Å². The van der Waals surface area contributed by atoms with E-state index >= 15 is 0 Å². The first-order valence-corrected chi connectivity index (χ1v) is 8.85. The molecule has 0 saturated carbocycles. The van der Waals surface area contributed by atoms with E-state index in [0.717, 1.165) is 21.2 Å². The van der Waals surface area contributed by atoms with Gasteiger partial charge in [-0.3, -0.25) is 8.51 Å². The van der Waals surface area contributed by atoms with Crippen LogP contribution in [0.1, 0.15) is 15.2 Å². The van der Waals surface area contributed by atoms with Crippen LogP contribution in [0.15, 0.2) is 28.1 Å². The summed E-state index contributed by atoms with van der Waals surface area (Å²) in [6, 6.07) is 4.93. The summed E-state index contributed by atoms with van der Waals surface area (Å²) in [5, 5.41) is 10.8. The Balaban J connectivity index is 2.20. The van der Waals surface area contributed by atoms with Crippen LogP contribution in [0, 0.1) is 0 Å². The maximum absolute atomic E-state index is 11.8. The smallest absolute Gasteiger partial charge is 0.348 e. The molecule has 2 heterocycles. The number of anilines is 2. The molecule has 9 heteroatoms. The normalized spacial score (nSPS) is 14.3. The molecule has 1 N–H and O–H groups in total. The molecule has 116 valence electrons. The van der Waals surface area contributed by atoms with E-state index in [2.05, 4.69) is 15.9 Å². The third-order valence-electron chi connectivity index (χ3n) is 3.15. The van der Waals surface area contributed by atoms with Crippen molar-refractivity contribution in [3.8, 4) is 5.75 Å². The fourth-order valence-corrected chi connectivity index (χ4v) is 4.19. The van der Waals surface area contributed by atoms with Gasteiger partial charge in [-0.2, -0.15) is 0 Å². The Morgan fingerprint density at radius 1 is 1.45 bits per heavy atom. The van der Waals surface area contributed by atoms with Crippen LogP contribution >= 0.6 is 27.3 Å². The zero-order valence-corrected chi connectivity index (χ0v) is 14.2. The number of ether oxygens (including phenoxy) is 1. The molecule has 1 atom stereocenters. The summed E-state index contributed by atoms with van der Waals surface area (Å²) in [6.45, 7) is 0.466. The lowest BCUT2D eigenvalue weighted by Crippen LogP contribution is -2.21. The van der Waals surface area contributed by atoms with Gasteiger partial charge in [-0.05, 0) is 23.6 Å². The molecule has 1 aliphatic heterocycles. The highest BCUT2D eigenvalue weighted by Crippen LogP contribution is 2.44. The molecule has 1 aliphatic rings. The van der Waals surface area contributed by atoms with Gasteiger partial charge in [0.2, 0.25) is 0 Å². The number of aromatic carboxylic acids is 1. The summed E-state index contributed by atoms with van der Waals surface area (Å²) in [7, 11) is 0. The first kappa shape index (κ1) is 15.5. The lowest BCUT2D eigenvalue weighted by Gasteiger charge is -2.27. The first-order valence-electron chi connectivity index (χ1n) is 6.14. The van der Waals surface area contributed by atoms with E-state index in [9.17, 15) is 18.7 Å². The molecular formula is C13H9BrNO5S2-. The van der Waals surface area contributed by atoms with Crippen molar-refractivity contribution in [2.75, 3.05) is 10.9 Å². The Kier molecular flexibility index (Phi) is 4.22. The average molecular weight is 403 g/mol. The van der Waals surface area contributed by atoms with E-state index in [1.165, 1.54) is 11.4 Å². The van der Waals surface area contributed by atoms with Crippen LogP contribution < -0.4 is 9.04 Å². The third kappa shape index (κ3) is 2.65. The van der Waals surface area contributed by atoms with Crippen molar-refractivity contribution in [1.82, 2.24) is 0 Å². The summed E-state index contributed by atoms with van der Waals surface area (Å²) in [5.74, 6) is -0.706. The number of fused-ring (bicyclic) bond motifs is 1. The fourth-order valence-electron chi connectivity index (χ4n) is 2.31. The zero-order valence-electron chi connectivity index (χ0n) is 10.9. The standard InChI is InChI=1S/C13H10BrNO5S2/c14-8-5-7-1-3-20-11(7)10(6-8)15(22(18)19)9-2-4-21-12(9)13(16)17/h2,4-6H,1,3H2,(H,16,17)(H,18,19)/p-1. The first-order chi connectivity index (χ1) is 10.5. The largest absolute Gasteiger partial charge is 0.755 e. The number of halogens is 1. The zero-order chi connectivity index (χ0) is 15.9. The highest BCUT2D eigenvalue weighted by molar-refractivity contribution is 9.10. The molecule has 2 aromatic rings. The maximum atomic E-state index is 11.8. The number of carbonyl (C=O) groups is 1. The minimum atomic E-state index is -2.69. The quantitative estimate of drug-likeness (QED) is 0.793. The lowest BCUT2D eigenvalue weighted by molar-refractivity contribution is 0.0703. The fraction of sp³-hybridized carbons (Fsp3) is 0.154. The van der Waals surface area contributed by atoms with E-state index in [1.54, 1.807) is 6.07 Å². The lowest BCUT2D eigenvalue weighted by atomic mass is 10.1. The van der Waals surface area contributed by atoms with Gasteiger partial charge in [-0.15, -0.1) is 11.3 Å². The van der Waals surface area contributed by atoms with Gasteiger partial charge in [0.05, 0.1) is 29.2 Å². The predicted octanol–water partition coefficient (Wildman–Crippen LogP) is 3.08. The summed E-state index contributed by atoms with van der Waals surface area (Å²) >= 11 is 1.63. The number of carboxylic acid groups (broad SMARTS) is 1. The molecule has 0 fully saturated rings. The van der Waals surface area contributed by atoms with Gasteiger partial charge in [-0.25, -0.2) is 4.79 Å². The van der Waals surface area contributed by atoms with Crippen molar-refractivity contribution in [3.05, 3.63) is 38.5 Å². The van der Waals surface area contributed by atoms with Gasteiger partial charge in [0.25, 0.3) is 0 Å². The van der Waals surface area contributed by atoms with E-state index in [0.29, 0.717) is 28.9 Å². The molecule has 1 unspecified atom stereocenters. The number of rotatable bonds is 4. The van der Waals surface area contributed by atoms with Crippen LogP contribution in [0.4, 0.5) is 11.4 Å². The van der Waals surface area contributed by atoms with E-state index < -0.39 is 17.2 Å². The Morgan fingerprint density at radius 3 is 2.91 bits per heavy atom. The van der Waals surface area contributed by atoms with Gasteiger partial charge >= 0.3 is 5.97 Å². The molecular weight excluding hydrogens is 394 g/mol. The second kappa shape index (κ2) is 5.99. The molecule has 22 heavy (non-hydrogen) atoms. The van der Waals surface area contributed by atoms with Gasteiger partial charge in [0, 0.05) is 16.5 Å². The topological polar surface area (TPSA) is 89.9 Å². The van der Waals surface area contributed by atoms with Gasteiger partial charge in [0.1, 0.15) is 10.6 Å². The van der Waals surface area contributed by atoms with Crippen molar-refractivity contribution in [2.24, 2.45) is 0 Å². The second-order valence-corrected chi connectivity index (χ2v) is 7.09. The number of hydrogen-bond donors (Lipinski definition) is 1. The highest BCUT2D eigenvalue weighted by Gasteiger charge is 2.26. The van der Waals surface area contributed by atoms with Crippen LogP contribution in [0.5, 0.6) is 5.75 Å². The number of hydrogen-bond acceptors (Lipinski definition) is 5. The summed E-state index contributed by atoms with van der Waals surface area (Å²) in [6.07, 6.45) is 0.677. The van der Waals surface area contributed by atoms with Crippen molar-refractivity contribution in [2.45, 2.75) is 6.42 Å². The average Bonchev–Trinajstić information content (AvgIpc) is 3.06. The van der Waals surface area contributed by atoms with Crippen molar-refractivity contribution in [1.29, 1.82) is 0 Å². The Bertz CT molecular complexity index is 776. The molecule has 1 aromatic carbocycles. The summed E-state index contributed by atoms with van der Waals surface area (Å²) in [5.41, 5.74) is 1.28. The van der Waals surface area contributed by atoms with Crippen LogP contribution in [-0.4, -0.2) is 26.4 Å². The van der Waals surface area contributed by atoms with Crippen LogP contribution in [-0.2, 0) is 17.7 Å². The maximum Gasteiger partial charge on any atom is 0.348 e.